The molecule has 6 rings (SSSR count). The molecule has 0 saturated carbocycles. The van der Waals surface area contributed by atoms with Crippen molar-refractivity contribution in [3.05, 3.63) is 179 Å². The summed E-state index contributed by atoms with van der Waals surface area (Å²) in [5.74, 6) is -2.35. The number of carbonyl (C=O) groups excluding carboxylic acids is 3. The lowest BCUT2D eigenvalue weighted by Gasteiger charge is -2.45. The fraction of sp³-hybridized carbons (Fsp3) is 0.267. The van der Waals surface area contributed by atoms with Crippen LogP contribution in [-0.2, 0) is 50.3 Å². The van der Waals surface area contributed by atoms with E-state index in [1.165, 1.54) is 0 Å². The van der Waals surface area contributed by atoms with Crippen molar-refractivity contribution in [3.63, 3.8) is 0 Å². The van der Waals surface area contributed by atoms with Gasteiger partial charge in [-0.1, -0.05) is 141 Å². The highest BCUT2D eigenvalue weighted by atomic mass is 31.2. The smallest absolute Gasteiger partial charge is 0.452 e. The van der Waals surface area contributed by atoms with Gasteiger partial charge in [-0.2, -0.15) is 0 Å². The van der Waals surface area contributed by atoms with Gasteiger partial charge in [0.25, 0.3) is 0 Å². The van der Waals surface area contributed by atoms with Crippen molar-refractivity contribution in [1.29, 1.82) is 0 Å². The predicted octanol–water partition coefficient (Wildman–Crippen LogP) is 9.53. The Labute approximate surface area is 332 Å². The normalized spacial score (nSPS) is 19.3. The van der Waals surface area contributed by atoms with Crippen LogP contribution >= 0.6 is 7.82 Å². The second kappa shape index (κ2) is 20.7. The molecule has 0 aromatic heterocycles. The zero-order valence-electron chi connectivity index (χ0n) is 31.5. The summed E-state index contributed by atoms with van der Waals surface area (Å²) in [4.78, 5) is 41.5. The molecule has 0 N–H and O–H groups in total. The van der Waals surface area contributed by atoms with Gasteiger partial charge in [0.2, 0.25) is 6.29 Å². The van der Waals surface area contributed by atoms with Gasteiger partial charge in [0, 0.05) is 0 Å². The van der Waals surface area contributed by atoms with E-state index in [-0.39, 0.29) is 29.9 Å². The van der Waals surface area contributed by atoms with E-state index in [0.717, 1.165) is 12.8 Å². The molecule has 1 heterocycles. The van der Waals surface area contributed by atoms with Gasteiger partial charge in [-0.15, -0.1) is 0 Å². The Kier molecular flexibility index (Phi) is 14.9. The molecule has 1 aliphatic rings. The first-order chi connectivity index (χ1) is 27.8. The van der Waals surface area contributed by atoms with E-state index in [1.54, 1.807) is 115 Å². The summed E-state index contributed by atoms with van der Waals surface area (Å²) >= 11 is 0. The molecule has 1 fully saturated rings. The third-order valence-electron chi connectivity index (χ3n) is 9.14. The first-order valence-electron chi connectivity index (χ1n) is 18.9. The molecule has 5 aromatic carbocycles. The third-order valence-corrected chi connectivity index (χ3v) is 10.5. The van der Waals surface area contributed by atoms with Crippen LogP contribution in [-0.4, -0.2) is 48.6 Å². The number of rotatable bonds is 18. The second-order valence-corrected chi connectivity index (χ2v) is 14.9. The van der Waals surface area contributed by atoms with Crippen molar-refractivity contribution in [2.45, 2.75) is 76.5 Å². The first-order valence-corrected chi connectivity index (χ1v) is 20.4. The van der Waals surface area contributed by atoms with Crippen molar-refractivity contribution in [1.82, 2.24) is 0 Å². The molecule has 0 spiro atoms. The van der Waals surface area contributed by atoms with Crippen LogP contribution in [0.4, 0.5) is 0 Å². The van der Waals surface area contributed by atoms with E-state index in [2.05, 4.69) is 0 Å². The van der Waals surface area contributed by atoms with Gasteiger partial charge in [-0.25, -0.2) is 18.9 Å². The molecule has 0 radical (unpaired) electrons. The van der Waals surface area contributed by atoms with Gasteiger partial charge in [-0.3, -0.25) is 13.6 Å². The SMILES string of the molecule is CCCCC[C@@H]1O[C@H](OP(=O)(OCc2ccccc2)OCc2ccccc2)[C@@H](OC(=O)c2ccccc2)[C@H](OC(=O)c2ccccc2)[C@@H]1OC(=O)c1ccccc1. The van der Waals surface area contributed by atoms with Crippen LogP contribution in [0, 0.1) is 0 Å². The maximum atomic E-state index is 14.8. The Morgan fingerprint density at radius 3 is 1.33 bits per heavy atom. The number of ether oxygens (including phenoxy) is 4. The van der Waals surface area contributed by atoms with Crippen molar-refractivity contribution in [2.75, 3.05) is 0 Å². The van der Waals surface area contributed by atoms with Crippen molar-refractivity contribution in [3.8, 4) is 0 Å². The fourth-order valence-electron chi connectivity index (χ4n) is 6.17. The lowest BCUT2D eigenvalue weighted by molar-refractivity contribution is -0.276. The van der Waals surface area contributed by atoms with E-state index < -0.39 is 56.4 Å². The Morgan fingerprint density at radius 2 is 0.912 bits per heavy atom. The zero-order chi connectivity index (χ0) is 39.9. The monoisotopic (exact) mass is 792 g/mol. The van der Waals surface area contributed by atoms with Gasteiger partial charge in [0.05, 0.1) is 29.9 Å². The lowest BCUT2D eigenvalue weighted by Crippen LogP contribution is -2.62. The maximum absolute atomic E-state index is 14.8. The highest BCUT2D eigenvalue weighted by Gasteiger charge is 2.55. The molecule has 0 aliphatic carbocycles. The summed E-state index contributed by atoms with van der Waals surface area (Å²) in [6, 6.07) is 42.7. The molecule has 1 saturated heterocycles. The van der Waals surface area contributed by atoms with E-state index in [9.17, 15) is 18.9 Å². The van der Waals surface area contributed by atoms with Gasteiger partial charge in [0.1, 0.15) is 6.10 Å². The van der Waals surface area contributed by atoms with Crippen LogP contribution < -0.4 is 0 Å². The summed E-state index contributed by atoms with van der Waals surface area (Å²) in [6.07, 6.45) is -4.62. The zero-order valence-corrected chi connectivity index (χ0v) is 32.4. The standard InChI is InChI=1S/C45H45O11P/c1-2-3-9-30-38-39(53-42(46)35-24-14-6-15-25-35)40(54-43(47)36-26-16-7-17-27-36)41(55-44(48)37-28-18-8-19-29-37)45(52-38)56-57(49,50-31-33-20-10-4-11-21-33)51-32-34-22-12-5-13-23-34/h4-8,10-29,38-41,45H,2-3,9,30-32H2,1H3/t38-,39+,40+,41-,45+/m0/s1. The molecule has 0 unspecified atom stereocenters. The third kappa shape index (κ3) is 11.8. The topological polar surface area (TPSA) is 133 Å². The Balaban J connectivity index is 1.42. The largest absolute Gasteiger partial charge is 0.477 e. The summed E-state index contributed by atoms with van der Waals surface area (Å²) in [7, 11) is -4.61. The van der Waals surface area contributed by atoms with E-state index >= 15 is 0 Å². The number of esters is 3. The first kappa shape index (κ1) is 41.2. The van der Waals surface area contributed by atoms with Crippen LogP contribution in [0.15, 0.2) is 152 Å². The molecule has 11 nitrogen and oxygen atoms in total. The van der Waals surface area contributed by atoms with Crippen LogP contribution in [0.5, 0.6) is 0 Å². The molecule has 5 atom stereocenters. The molecular weight excluding hydrogens is 747 g/mol. The number of phosphoric ester groups is 1. The molecule has 296 valence electrons. The molecule has 5 aromatic rings. The van der Waals surface area contributed by atoms with Gasteiger partial charge in [0.15, 0.2) is 18.3 Å². The van der Waals surface area contributed by atoms with Crippen LogP contribution in [0.25, 0.3) is 0 Å². The minimum absolute atomic E-state index is 0.163. The molecule has 1 aliphatic heterocycles. The minimum atomic E-state index is -4.61. The number of hydrogen-bond donors (Lipinski definition) is 0. The van der Waals surface area contributed by atoms with Crippen LogP contribution in [0.1, 0.15) is 74.8 Å². The van der Waals surface area contributed by atoms with E-state index in [1.807, 2.05) is 43.3 Å². The van der Waals surface area contributed by atoms with Gasteiger partial charge >= 0.3 is 25.7 Å². The van der Waals surface area contributed by atoms with Gasteiger partial charge in [-0.05, 0) is 53.9 Å². The van der Waals surface area contributed by atoms with Crippen LogP contribution in [0.2, 0.25) is 0 Å². The quantitative estimate of drug-likeness (QED) is 0.0364. The molecule has 12 heteroatoms. The summed E-state index contributed by atoms with van der Waals surface area (Å²) < 4.78 is 58.0. The highest BCUT2D eigenvalue weighted by molar-refractivity contribution is 7.48. The minimum Gasteiger partial charge on any atom is -0.452 e. The molecule has 0 bridgehead atoms. The predicted molar refractivity (Wildman–Crippen MR) is 211 cm³/mol. The van der Waals surface area contributed by atoms with Crippen LogP contribution in [0.3, 0.4) is 0 Å². The molecule has 57 heavy (non-hydrogen) atoms. The maximum Gasteiger partial charge on any atom is 0.477 e. The molecular formula is C45H45O11P. The highest BCUT2D eigenvalue weighted by Crippen LogP contribution is 2.54. The Hall–Kier alpha value is -5.42. The number of unbranched alkanes of at least 4 members (excludes halogenated alkanes) is 2. The Morgan fingerprint density at radius 1 is 0.526 bits per heavy atom. The number of hydrogen-bond acceptors (Lipinski definition) is 11. The van der Waals surface area contributed by atoms with Gasteiger partial charge < -0.3 is 18.9 Å². The summed E-state index contributed by atoms with van der Waals surface area (Å²) in [5, 5.41) is 0. The van der Waals surface area contributed by atoms with Crippen molar-refractivity contribution in [2.24, 2.45) is 0 Å². The second-order valence-electron chi connectivity index (χ2n) is 13.3. The van der Waals surface area contributed by atoms with Crippen molar-refractivity contribution < 1.29 is 51.5 Å². The average Bonchev–Trinajstić information content (AvgIpc) is 3.26. The fourth-order valence-corrected chi connectivity index (χ4v) is 7.41. The summed E-state index contributed by atoms with van der Waals surface area (Å²) in [5.41, 5.74) is 1.95. The average molecular weight is 793 g/mol. The molecule has 0 amide bonds. The Bertz CT molecular complexity index is 2000. The van der Waals surface area contributed by atoms with Crippen molar-refractivity contribution >= 4 is 25.7 Å². The number of benzene rings is 5. The number of carbonyl (C=O) groups is 3. The van der Waals surface area contributed by atoms with E-state index in [0.29, 0.717) is 24.0 Å². The summed E-state index contributed by atoms with van der Waals surface area (Å²) in [6.45, 7) is 1.70. The van der Waals surface area contributed by atoms with E-state index in [4.69, 9.17) is 32.5 Å². The lowest BCUT2D eigenvalue weighted by atomic mass is 9.94. The number of phosphoric acid groups is 1.